The molecule has 36 heavy (non-hydrogen) atoms. The number of aryl methyl sites for hydroxylation is 1. The van der Waals surface area contributed by atoms with Crippen LogP contribution in [0.15, 0.2) is 54.9 Å². The zero-order valence-corrected chi connectivity index (χ0v) is 21.3. The topological polar surface area (TPSA) is 66.7 Å². The molecule has 9 heteroatoms. The SMILES string of the molecule is CCc1nc2cc(OCC(O)CN3CCN(CCn4cc(-c5ccc(F)cc5)cn4)CC3)ccc2s1. The summed E-state index contributed by atoms with van der Waals surface area (Å²) in [6.45, 7) is 8.46. The summed E-state index contributed by atoms with van der Waals surface area (Å²) < 4.78 is 22.1. The van der Waals surface area contributed by atoms with E-state index in [0.717, 1.165) is 73.1 Å². The summed E-state index contributed by atoms with van der Waals surface area (Å²) in [4.78, 5) is 9.33. The number of fused-ring (bicyclic) bond motifs is 1. The third-order valence-corrected chi connectivity index (χ3v) is 7.72. The second-order valence-electron chi connectivity index (χ2n) is 9.20. The van der Waals surface area contributed by atoms with Gasteiger partial charge in [0.05, 0.1) is 28.0 Å². The van der Waals surface area contributed by atoms with Gasteiger partial charge in [-0.15, -0.1) is 11.3 Å². The molecule has 1 fully saturated rings. The number of rotatable bonds is 10. The molecule has 2 aromatic carbocycles. The Bertz CT molecular complexity index is 1270. The molecule has 1 N–H and O–H groups in total. The van der Waals surface area contributed by atoms with Gasteiger partial charge < -0.3 is 9.84 Å². The number of aliphatic hydroxyl groups excluding tert-OH is 1. The maximum atomic E-state index is 13.1. The normalized spacial score (nSPS) is 16.0. The average molecular weight is 510 g/mol. The average Bonchev–Trinajstić information content (AvgIpc) is 3.54. The van der Waals surface area contributed by atoms with Crippen LogP contribution in [0.5, 0.6) is 5.75 Å². The molecule has 0 saturated carbocycles. The molecule has 190 valence electrons. The van der Waals surface area contributed by atoms with Gasteiger partial charge in [-0.1, -0.05) is 19.1 Å². The Morgan fingerprint density at radius 3 is 2.58 bits per heavy atom. The summed E-state index contributed by atoms with van der Waals surface area (Å²) in [5.41, 5.74) is 2.92. The van der Waals surface area contributed by atoms with Gasteiger partial charge in [-0.3, -0.25) is 14.5 Å². The summed E-state index contributed by atoms with van der Waals surface area (Å²) in [6, 6.07) is 12.4. The first-order valence-corrected chi connectivity index (χ1v) is 13.3. The van der Waals surface area contributed by atoms with E-state index >= 15 is 0 Å². The molecule has 3 heterocycles. The number of halogens is 1. The number of hydrogen-bond acceptors (Lipinski definition) is 7. The van der Waals surface area contributed by atoms with Crippen LogP contribution in [-0.4, -0.2) is 81.7 Å². The Balaban J connectivity index is 1.02. The Morgan fingerprint density at radius 1 is 1.03 bits per heavy atom. The van der Waals surface area contributed by atoms with Crippen molar-refractivity contribution in [2.24, 2.45) is 0 Å². The Hall–Kier alpha value is -2.85. The van der Waals surface area contributed by atoms with Crippen molar-refractivity contribution >= 4 is 21.6 Å². The van der Waals surface area contributed by atoms with Crippen LogP contribution in [-0.2, 0) is 13.0 Å². The van der Waals surface area contributed by atoms with Crippen LogP contribution in [0.25, 0.3) is 21.3 Å². The molecule has 1 saturated heterocycles. The van der Waals surface area contributed by atoms with E-state index in [0.29, 0.717) is 6.54 Å². The molecule has 0 spiro atoms. The quantitative estimate of drug-likeness (QED) is 0.350. The van der Waals surface area contributed by atoms with Crippen LogP contribution in [0.1, 0.15) is 11.9 Å². The predicted molar refractivity (Wildman–Crippen MR) is 141 cm³/mol. The Morgan fingerprint density at radius 2 is 1.81 bits per heavy atom. The van der Waals surface area contributed by atoms with Crippen molar-refractivity contribution < 1.29 is 14.2 Å². The third-order valence-electron chi connectivity index (χ3n) is 6.54. The number of ether oxygens (including phenoxy) is 1. The van der Waals surface area contributed by atoms with Crippen LogP contribution in [0, 0.1) is 5.82 Å². The van der Waals surface area contributed by atoms with E-state index in [2.05, 4.69) is 26.8 Å². The first kappa shape index (κ1) is 24.8. The molecule has 4 aromatic rings. The van der Waals surface area contributed by atoms with E-state index in [1.807, 2.05) is 35.3 Å². The van der Waals surface area contributed by atoms with Gasteiger partial charge in [0.15, 0.2) is 0 Å². The highest BCUT2D eigenvalue weighted by atomic mass is 32.1. The minimum Gasteiger partial charge on any atom is -0.491 e. The van der Waals surface area contributed by atoms with Gasteiger partial charge in [0.2, 0.25) is 0 Å². The molecule has 0 radical (unpaired) electrons. The van der Waals surface area contributed by atoms with Gasteiger partial charge in [-0.05, 0) is 36.2 Å². The third kappa shape index (κ3) is 6.28. The van der Waals surface area contributed by atoms with Gasteiger partial charge in [-0.25, -0.2) is 9.37 Å². The fourth-order valence-corrected chi connectivity index (χ4v) is 5.34. The number of aromatic nitrogens is 3. The van der Waals surface area contributed by atoms with Crippen molar-refractivity contribution in [1.82, 2.24) is 24.6 Å². The summed E-state index contributed by atoms with van der Waals surface area (Å²) in [7, 11) is 0. The van der Waals surface area contributed by atoms with Crippen molar-refractivity contribution in [3.63, 3.8) is 0 Å². The first-order valence-electron chi connectivity index (χ1n) is 12.5. The molecule has 0 bridgehead atoms. The molecule has 0 aliphatic carbocycles. The molecule has 5 rings (SSSR count). The minimum absolute atomic E-state index is 0.232. The number of aliphatic hydroxyl groups is 1. The number of piperazine rings is 1. The van der Waals surface area contributed by atoms with Crippen molar-refractivity contribution in [3.05, 3.63) is 65.7 Å². The molecule has 1 aliphatic rings. The van der Waals surface area contributed by atoms with Crippen LogP contribution in [0.2, 0.25) is 0 Å². The molecule has 0 amide bonds. The molecule has 7 nitrogen and oxygen atoms in total. The van der Waals surface area contributed by atoms with E-state index in [4.69, 9.17) is 4.74 Å². The maximum absolute atomic E-state index is 13.1. The molecule has 1 atom stereocenters. The maximum Gasteiger partial charge on any atom is 0.123 e. The largest absolute Gasteiger partial charge is 0.491 e. The number of hydrogen-bond donors (Lipinski definition) is 1. The lowest BCUT2D eigenvalue weighted by molar-refractivity contribution is 0.0453. The van der Waals surface area contributed by atoms with Gasteiger partial charge in [-0.2, -0.15) is 5.10 Å². The van der Waals surface area contributed by atoms with Crippen LogP contribution in [0.3, 0.4) is 0 Å². The van der Waals surface area contributed by atoms with Crippen molar-refractivity contribution in [3.8, 4) is 16.9 Å². The fourth-order valence-electron chi connectivity index (χ4n) is 4.46. The predicted octanol–water partition coefficient (Wildman–Crippen LogP) is 3.92. The van der Waals surface area contributed by atoms with E-state index in [9.17, 15) is 9.50 Å². The first-order chi connectivity index (χ1) is 17.6. The molecule has 1 aliphatic heterocycles. The lowest BCUT2D eigenvalue weighted by atomic mass is 10.1. The molecule has 2 aromatic heterocycles. The van der Waals surface area contributed by atoms with Crippen LogP contribution < -0.4 is 4.74 Å². The van der Waals surface area contributed by atoms with E-state index in [1.54, 1.807) is 23.5 Å². The van der Waals surface area contributed by atoms with Crippen molar-refractivity contribution in [2.75, 3.05) is 45.9 Å². The van der Waals surface area contributed by atoms with Crippen LogP contribution >= 0.6 is 11.3 Å². The number of thiazole rings is 1. The highest BCUT2D eigenvalue weighted by molar-refractivity contribution is 7.18. The van der Waals surface area contributed by atoms with Crippen LogP contribution in [0.4, 0.5) is 4.39 Å². The van der Waals surface area contributed by atoms with Gasteiger partial charge in [0.1, 0.15) is 24.3 Å². The smallest absolute Gasteiger partial charge is 0.123 e. The van der Waals surface area contributed by atoms with E-state index in [-0.39, 0.29) is 12.4 Å². The Kier molecular flexibility index (Phi) is 7.91. The van der Waals surface area contributed by atoms with Gasteiger partial charge in [0, 0.05) is 57.1 Å². The minimum atomic E-state index is -0.539. The van der Waals surface area contributed by atoms with E-state index < -0.39 is 6.10 Å². The Labute approximate surface area is 214 Å². The van der Waals surface area contributed by atoms with Gasteiger partial charge in [0.25, 0.3) is 0 Å². The lowest BCUT2D eigenvalue weighted by Crippen LogP contribution is -2.49. The number of benzene rings is 2. The van der Waals surface area contributed by atoms with Crippen molar-refractivity contribution in [1.29, 1.82) is 0 Å². The second kappa shape index (κ2) is 11.5. The summed E-state index contributed by atoms with van der Waals surface area (Å²) in [6.07, 6.45) is 4.23. The monoisotopic (exact) mass is 509 g/mol. The highest BCUT2D eigenvalue weighted by Crippen LogP contribution is 2.26. The number of nitrogens with zero attached hydrogens (tertiary/aromatic N) is 5. The second-order valence-corrected chi connectivity index (χ2v) is 10.3. The summed E-state index contributed by atoms with van der Waals surface area (Å²) >= 11 is 1.71. The zero-order valence-electron chi connectivity index (χ0n) is 20.5. The zero-order chi connectivity index (χ0) is 24.9. The molecule has 1 unspecified atom stereocenters. The lowest BCUT2D eigenvalue weighted by Gasteiger charge is -2.35. The molecular formula is C27H32FN5O2S. The van der Waals surface area contributed by atoms with E-state index in [1.165, 1.54) is 16.8 Å². The summed E-state index contributed by atoms with van der Waals surface area (Å²) in [5.74, 6) is 0.518. The standard InChI is InChI=1S/C27H32FN5O2S/c1-2-27-30-25-15-24(7-8-26(25)36-27)35-19-23(34)18-32-11-9-31(10-12-32)13-14-33-17-21(16-29-33)20-3-5-22(28)6-4-20/h3-8,15-17,23,34H,2,9-14,18-19H2,1H3. The highest BCUT2D eigenvalue weighted by Gasteiger charge is 2.19. The summed E-state index contributed by atoms with van der Waals surface area (Å²) in [5, 5.41) is 16.1. The van der Waals surface area contributed by atoms with Gasteiger partial charge >= 0.3 is 0 Å². The number of β-amino-alcohol motifs (C(OH)–C–C–N with tert-alkyl or cyclic N) is 1. The fraction of sp³-hybridized carbons (Fsp3) is 0.407. The van der Waals surface area contributed by atoms with Crippen molar-refractivity contribution in [2.45, 2.75) is 26.0 Å². The molecular weight excluding hydrogens is 477 g/mol.